The molecule has 0 bridgehead atoms. The predicted octanol–water partition coefficient (Wildman–Crippen LogP) is 1.35. The van der Waals surface area contributed by atoms with Gasteiger partial charge in [-0.15, -0.1) is 11.3 Å². The van der Waals surface area contributed by atoms with E-state index in [1.54, 1.807) is 24.3 Å². The van der Waals surface area contributed by atoms with E-state index in [0.717, 1.165) is 11.3 Å². The van der Waals surface area contributed by atoms with Crippen LogP contribution in [-0.2, 0) is 9.13 Å². The summed E-state index contributed by atoms with van der Waals surface area (Å²) in [5.41, 5.74) is 0.499. The van der Waals surface area contributed by atoms with Gasteiger partial charge in [0.2, 0.25) is 0 Å². The van der Waals surface area contributed by atoms with Crippen molar-refractivity contribution in [2.45, 2.75) is 8.75 Å². The van der Waals surface area contributed by atoms with Gasteiger partial charge < -0.3 is 24.7 Å². The van der Waals surface area contributed by atoms with Crippen molar-refractivity contribution in [2.75, 3.05) is 0 Å². The number of hydrogen-bond donors (Lipinski definition) is 5. The zero-order valence-corrected chi connectivity index (χ0v) is 12.9. The molecule has 0 amide bonds. The first-order valence-electron chi connectivity index (χ1n) is 4.93. The highest BCUT2D eigenvalue weighted by molar-refractivity contribution is 8.14. The Balaban J connectivity index is 2.48. The highest BCUT2D eigenvalue weighted by Gasteiger charge is 2.61. The van der Waals surface area contributed by atoms with Crippen LogP contribution in [0, 0.1) is 0 Å². The highest BCUT2D eigenvalue weighted by Crippen LogP contribution is 2.73. The lowest BCUT2D eigenvalue weighted by molar-refractivity contribution is 0.198. The van der Waals surface area contributed by atoms with Gasteiger partial charge in [-0.25, -0.2) is 4.98 Å². The molecule has 110 valence electrons. The molecule has 0 radical (unpaired) electrons. The number of rotatable bonds is 4. The molecule has 0 spiro atoms. The molecule has 0 saturated carbocycles. The molecule has 0 unspecified atom stereocenters. The lowest BCUT2D eigenvalue weighted by Crippen LogP contribution is -2.24. The van der Waals surface area contributed by atoms with E-state index in [2.05, 4.69) is 4.98 Å². The maximum Gasteiger partial charge on any atom is 0.380 e. The first kappa shape index (κ1) is 16.1. The monoisotopic (exact) mass is 357 g/mol. The summed E-state index contributed by atoms with van der Waals surface area (Å²) in [5.74, 6) is 0. The van der Waals surface area contributed by atoms with Gasteiger partial charge in [0.1, 0.15) is 0 Å². The number of para-hydroxylation sites is 1. The molecule has 12 heteroatoms. The van der Waals surface area contributed by atoms with Crippen molar-refractivity contribution in [3.05, 3.63) is 24.3 Å². The second-order valence-electron chi connectivity index (χ2n) is 3.71. The summed E-state index contributed by atoms with van der Waals surface area (Å²) in [5, 5.41) is 9.77. The average Bonchev–Trinajstić information content (AvgIpc) is 2.67. The van der Waals surface area contributed by atoms with Gasteiger partial charge in [-0.3, -0.25) is 9.13 Å². The number of aromatic nitrogens is 1. The summed E-state index contributed by atoms with van der Waals surface area (Å²) >= 11 is 0.929. The molecule has 1 aromatic heterocycles. The standard InChI is InChI=1S/C8H9NO7P2S2/c10-8(17(11,12)13,18(14,15)16)20-7-9-5-3-1-2-4-6(5)19-7/h1-4,10H,(H2,11,12,13)(H2,14,15,16). The Morgan fingerprint density at radius 2 is 1.65 bits per heavy atom. The molecule has 20 heavy (non-hydrogen) atoms. The fraction of sp³-hybridized carbons (Fsp3) is 0.125. The molecule has 0 aliphatic carbocycles. The number of fused-ring (bicyclic) bond motifs is 1. The fourth-order valence-electron chi connectivity index (χ4n) is 1.30. The lowest BCUT2D eigenvalue weighted by Gasteiger charge is -2.27. The summed E-state index contributed by atoms with van der Waals surface area (Å²) < 4.78 is 19.5. The van der Waals surface area contributed by atoms with Gasteiger partial charge in [0.05, 0.1) is 10.2 Å². The van der Waals surface area contributed by atoms with Gasteiger partial charge in [0.25, 0.3) is 0 Å². The molecule has 5 N–H and O–H groups in total. The van der Waals surface area contributed by atoms with Crippen LogP contribution in [0.4, 0.5) is 0 Å². The zero-order valence-electron chi connectivity index (χ0n) is 9.52. The maximum atomic E-state index is 11.2. The van der Waals surface area contributed by atoms with Crippen molar-refractivity contribution in [3.8, 4) is 0 Å². The third-order valence-electron chi connectivity index (χ3n) is 2.26. The summed E-state index contributed by atoms with van der Waals surface area (Å²) in [6.07, 6.45) is 0. The van der Waals surface area contributed by atoms with Crippen LogP contribution in [0.3, 0.4) is 0 Å². The minimum Gasteiger partial charge on any atom is -0.359 e. The number of aliphatic hydroxyl groups is 1. The number of thioether (sulfide) groups is 1. The van der Waals surface area contributed by atoms with E-state index in [0.29, 0.717) is 10.2 Å². The van der Waals surface area contributed by atoms with Crippen molar-refractivity contribution in [1.82, 2.24) is 4.98 Å². The minimum atomic E-state index is -5.50. The van der Waals surface area contributed by atoms with Gasteiger partial charge in [-0.1, -0.05) is 12.1 Å². The van der Waals surface area contributed by atoms with E-state index in [9.17, 15) is 14.2 Å². The largest absolute Gasteiger partial charge is 0.380 e. The van der Waals surface area contributed by atoms with Crippen LogP contribution in [0.2, 0.25) is 0 Å². The molecule has 0 saturated heterocycles. The molecule has 2 aromatic rings. The minimum absolute atomic E-state index is 0.0326. The van der Waals surface area contributed by atoms with Crippen LogP contribution >= 0.6 is 38.3 Å². The Hall–Kier alpha value is -0.280. The maximum absolute atomic E-state index is 11.2. The molecule has 0 aliphatic rings. The molecule has 2 rings (SSSR count). The quantitative estimate of drug-likeness (QED) is 0.310. The predicted molar refractivity (Wildman–Crippen MR) is 74.5 cm³/mol. The number of benzene rings is 1. The first-order chi connectivity index (χ1) is 9.04. The van der Waals surface area contributed by atoms with Gasteiger partial charge in [0, 0.05) is 0 Å². The fourth-order valence-corrected chi connectivity index (χ4v) is 6.37. The Labute approximate surface area is 120 Å². The van der Waals surface area contributed by atoms with Crippen LogP contribution in [-0.4, -0.2) is 34.1 Å². The topological polar surface area (TPSA) is 148 Å². The van der Waals surface area contributed by atoms with Crippen LogP contribution < -0.4 is 0 Å². The van der Waals surface area contributed by atoms with Crippen molar-refractivity contribution < 1.29 is 33.8 Å². The van der Waals surface area contributed by atoms with E-state index >= 15 is 0 Å². The number of thiazole rings is 1. The van der Waals surface area contributed by atoms with Crippen molar-refractivity contribution in [1.29, 1.82) is 0 Å². The second kappa shape index (κ2) is 5.17. The molecule has 1 aromatic carbocycles. The summed E-state index contributed by atoms with van der Waals surface area (Å²) in [6, 6.07) is 6.72. The van der Waals surface area contributed by atoms with Crippen LogP contribution in [0.1, 0.15) is 0 Å². The Morgan fingerprint density at radius 3 is 2.15 bits per heavy atom. The van der Waals surface area contributed by atoms with Crippen molar-refractivity contribution in [2.24, 2.45) is 0 Å². The summed E-state index contributed by atoms with van der Waals surface area (Å²) in [6.45, 7) is 0. The normalized spacial score (nSPS) is 13.8. The van der Waals surface area contributed by atoms with Gasteiger partial charge >= 0.3 is 19.6 Å². The van der Waals surface area contributed by atoms with Crippen LogP contribution in [0.5, 0.6) is 0 Å². The molecule has 0 atom stereocenters. The summed E-state index contributed by atoms with van der Waals surface area (Å²) in [4.78, 5) is 40.1. The Morgan fingerprint density at radius 1 is 1.10 bits per heavy atom. The van der Waals surface area contributed by atoms with E-state index < -0.39 is 19.6 Å². The van der Waals surface area contributed by atoms with E-state index in [1.165, 1.54) is 0 Å². The third kappa shape index (κ3) is 2.85. The summed E-state index contributed by atoms with van der Waals surface area (Å²) in [7, 11) is -11.0. The lowest BCUT2D eigenvalue weighted by atomic mass is 10.3. The van der Waals surface area contributed by atoms with Crippen LogP contribution in [0.15, 0.2) is 28.6 Å². The Kier molecular flexibility index (Phi) is 4.16. The van der Waals surface area contributed by atoms with E-state index in [1.807, 2.05) is 0 Å². The molecule has 0 aliphatic heterocycles. The Bertz CT molecular complexity index is 680. The van der Waals surface area contributed by atoms with Gasteiger partial charge in [-0.05, 0) is 23.9 Å². The second-order valence-corrected chi connectivity index (χ2v) is 10.6. The molecular formula is C8H9NO7P2S2. The van der Waals surface area contributed by atoms with E-state index in [-0.39, 0.29) is 16.1 Å². The molecular weight excluding hydrogens is 348 g/mol. The first-order valence-corrected chi connectivity index (χ1v) is 9.78. The van der Waals surface area contributed by atoms with Crippen molar-refractivity contribution >= 4 is 48.5 Å². The smallest absolute Gasteiger partial charge is 0.359 e. The molecule has 0 fully saturated rings. The van der Waals surface area contributed by atoms with Crippen LogP contribution in [0.25, 0.3) is 10.2 Å². The number of hydrogen-bond acceptors (Lipinski definition) is 6. The van der Waals surface area contributed by atoms with E-state index in [4.69, 9.17) is 19.6 Å². The number of nitrogens with zero attached hydrogens (tertiary/aromatic N) is 1. The molecule has 8 nitrogen and oxygen atoms in total. The zero-order chi connectivity index (χ0) is 15.2. The van der Waals surface area contributed by atoms with Gasteiger partial charge in [-0.2, -0.15) is 0 Å². The van der Waals surface area contributed by atoms with Crippen molar-refractivity contribution in [3.63, 3.8) is 0 Å². The van der Waals surface area contributed by atoms with Gasteiger partial charge in [0.15, 0.2) is 4.34 Å². The third-order valence-corrected chi connectivity index (χ3v) is 9.18. The highest BCUT2D eigenvalue weighted by atomic mass is 32.2. The average molecular weight is 357 g/mol. The SMILES string of the molecule is O=P(O)(O)C(O)(Sc1nc2ccccc2s1)P(=O)(O)O. The molecule has 1 heterocycles.